The molecule has 2 nitrogen and oxygen atoms in total. The Morgan fingerprint density at radius 3 is 1.75 bits per heavy atom. The number of carbonyl (C=O) groups excluding carboxylic acids is 1. The number of carbonyl (C=O) groups is 1. The normalized spacial score (nSPS) is 14.1. The van der Waals surface area contributed by atoms with Crippen LogP contribution in [0.15, 0.2) is 11.3 Å². The Balaban J connectivity index is 4.60. The molecule has 0 fully saturated rings. The molecular formula is C9H19NOSi. The van der Waals surface area contributed by atoms with Gasteiger partial charge in [0.2, 0.25) is 0 Å². The van der Waals surface area contributed by atoms with Crippen molar-refractivity contribution in [1.29, 1.82) is 0 Å². The number of allylic oxidation sites excluding steroid dienone is 2. The summed E-state index contributed by atoms with van der Waals surface area (Å²) in [6.45, 7) is 10.1. The maximum absolute atomic E-state index is 11.1. The fourth-order valence-corrected chi connectivity index (χ4v) is 2.66. The molecule has 0 aliphatic rings. The van der Waals surface area contributed by atoms with Crippen LogP contribution >= 0.6 is 0 Å². The Labute approximate surface area is 75.9 Å². The van der Waals surface area contributed by atoms with Crippen molar-refractivity contribution in [3.63, 3.8) is 0 Å². The minimum absolute atomic E-state index is 0.123. The molecule has 0 atom stereocenters. The molecule has 0 amide bonds. The Morgan fingerprint density at radius 1 is 1.25 bits per heavy atom. The zero-order chi connectivity index (χ0) is 9.94. The standard InChI is InChI=1S/C9H19NOSi/c1-7(10)9(8(2)11)6-12(3,4)5/h6,10H2,1-5H3/b9-7-. The van der Waals surface area contributed by atoms with Gasteiger partial charge in [-0.15, -0.1) is 0 Å². The van der Waals surface area contributed by atoms with E-state index in [9.17, 15) is 4.79 Å². The molecule has 0 aromatic rings. The van der Waals surface area contributed by atoms with E-state index in [0.717, 1.165) is 11.6 Å². The second-order valence-corrected chi connectivity index (χ2v) is 9.93. The van der Waals surface area contributed by atoms with Crippen LogP contribution < -0.4 is 5.73 Å². The molecule has 3 heteroatoms. The summed E-state index contributed by atoms with van der Waals surface area (Å²) >= 11 is 0. The van der Waals surface area contributed by atoms with Gasteiger partial charge in [-0.25, -0.2) is 0 Å². The number of nitrogens with two attached hydrogens (primary N) is 1. The van der Waals surface area contributed by atoms with Gasteiger partial charge in [-0.05, 0) is 19.9 Å². The van der Waals surface area contributed by atoms with E-state index in [4.69, 9.17) is 5.73 Å². The van der Waals surface area contributed by atoms with E-state index in [1.807, 2.05) is 0 Å². The zero-order valence-corrected chi connectivity index (χ0v) is 9.69. The first-order valence-corrected chi connectivity index (χ1v) is 7.91. The third-order valence-corrected chi connectivity index (χ3v) is 3.02. The lowest BCUT2D eigenvalue weighted by molar-refractivity contribution is -0.113. The second kappa shape index (κ2) is 3.89. The SMILES string of the molecule is CC(=O)/C(C[Si](C)(C)C)=C(/C)N. The van der Waals surface area contributed by atoms with Gasteiger partial charge in [-0.2, -0.15) is 0 Å². The van der Waals surface area contributed by atoms with Gasteiger partial charge in [0.15, 0.2) is 5.78 Å². The van der Waals surface area contributed by atoms with E-state index < -0.39 is 8.07 Å². The molecule has 0 bridgehead atoms. The molecule has 0 aromatic heterocycles. The van der Waals surface area contributed by atoms with E-state index >= 15 is 0 Å². The van der Waals surface area contributed by atoms with E-state index in [2.05, 4.69) is 19.6 Å². The van der Waals surface area contributed by atoms with Crippen LogP contribution in [0.25, 0.3) is 0 Å². The number of hydrogen-bond donors (Lipinski definition) is 1. The van der Waals surface area contributed by atoms with Crippen LogP contribution in [0.3, 0.4) is 0 Å². The van der Waals surface area contributed by atoms with Gasteiger partial charge in [0.25, 0.3) is 0 Å². The summed E-state index contributed by atoms with van der Waals surface area (Å²) in [5.74, 6) is 0.123. The van der Waals surface area contributed by atoms with Crippen molar-refractivity contribution in [3.05, 3.63) is 11.3 Å². The Kier molecular flexibility index (Phi) is 3.71. The predicted molar refractivity (Wildman–Crippen MR) is 55.7 cm³/mol. The van der Waals surface area contributed by atoms with Crippen molar-refractivity contribution in [2.75, 3.05) is 0 Å². The topological polar surface area (TPSA) is 43.1 Å². The van der Waals surface area contributed by atoms with Crippen molar-refractivity contribution in [2.24, 2.45) is 5.73 Å². The van der Waals surface area contributed by atoms with Gasteiger partial charge in [-0.3, -0.25) is 4.79 Å². The van der Waals surface area contributed by atoms with Gasteiger partial charge in [0.05, 0.1) is 0 Å². The molecule has 0 unspecified atom stereocenters. The third-order valence-electron chi connectivity index (χ3n) is 1.61. The van der Waals surface area contributed by atoms with Crippen LogP contribution in [0.2, 0.25) is 25.7 Å². The Bertz CT molecular complexity index is 209. The van der Waals surface area contributed by atoms with Gasteiger partial charge in [-0.1, -0.05) is 19.6 Å². The highest BCUT2D eigenvalue weighted by Gasteiger charge is 2.18. The van der Waals surface area contributed by atoms with Crippen molar-refractivity contribution in [3.8, 4) is 0 Å². The zero-order valence-electron chi connectivity index (χ0n) is 8.69. The molecule has 0 aromatic carbocycles. The van der Waals surface area contributed by atoms with Crippen LogP contribution in [-0.4, -0.2) is 13.9 Å². The lowest BCUT2D eigenvalue weighted by Crippen LogP contribution is -2.23. The van der Waals surface area contributed by atoms with Crippen LogP contribution in [0.4, 0.5) is 0 Å². The van der Waals surface area contributed by atoms with E-state index in [0.29, 0.717) is 5.70 Å². The average molecular weight is 185 g/mol. The lowest BCUT2D eigenvalue weighted by Gasteiger charge is -2.17. The van der Waals surface area contributed by atoms with Gasteiger partial charge in [0, 0.05) is 19.3 Å². The second-order valence-electron chi connectivity index (χ2n) is 4.46. The van der Waals surface area contributed by atoms with E-state index in [1.165, 1.54) is 0 Å². The summed E-state index contributed by atoms with van der Waals surface area (Å²) in [7, 11) is -1.20. The first-order valence-electron chi connectivity index (χ1n) is 4.20. The molecular weight excluding hydrogens is 166 g/mol. The highest BCUT2D eigenvalue weighted by molar-refractivity contribution is 6.77. The summed E-state index contributed by atoms with van der Waals surface area (Å²) in [4.78, 5) is 11.1. The van der Waals surface area contributed by atoms with E-state index in [1.54, 1.807) is 13.8 Å². The van der Waals surface area contributed by atoms with Crippen molar-refractivity contribution in [1.82, 2.24) is 0 Å². The predicted octanol–water partition coefficient (Wildman–Crippen LogP) is 2.15. The molecule has 0 heterocycles. The molecule has 0 saturated heterocycles. The summed E-state index contributed by atoms with van der Waals surface area (Å²) in [5, 5.41) is 0. The fraction of sp³-hybridized carbons (Fsp3) is 0.667. The van der Waals surface area contributed by atoms with Crippen molar-refractivity contribution < 1.29 is 4.79 Å². The minimum Gasteiger partial charge on any atom is -0.402 e. The summed E-state index contributed by atoms with van der Waals surface area (Å²) in [6.07, 6.45) is 0. The highest BCUT2D eigenvalue weighted by atomic mass is 28.3. The summed E-state index contributed by atoms with van der Waals surface area (Å²) in [5.41, 5.74) is 7.14. The molecule has 0 radical (unpaired) electrons. The average Bonchev–Trinajstić information content (AvgIpc) is 1.79. The van der Waals surface area contributed by atoms with Gasteiger partial charge in [0.1, 0.15) is 0 Å². The number of rotatable bonds is 3. The molecule has 0 spiro atoms. The minimum atomic E-state index is -1.20. The lowest BCUT2D eigenvalue weighted by atomic mass is 10.2. The summed E-state index contributed by atoms with van der Waals surface area (Å²) < 4.78 is 0. The smallest absolute Gasteiger partial charge is 0.157 e. The molecule has 2 N–H and O–H groups in total. The van der Waals surface area contributed by atoms with E-state index in [-0.39, 0.29) is 5.78 Å². The molecule has 0 aliphatic heterocycles. The number of ketones is 1. The highest BCUT2D eigenvalue weighted by Crippen LogP contribution is 2.18. The van der Waals surface area contributed by atoms with Crippen LogP contribution in [0, 0.1) is 0 Å². The molecule has 0 aliphatic carbocycles. The van der Waals surface area contributed by atoms with Crippen molar-refractivity contribution >= 4 is 13.9 Å². The maximum atomic E-state index is 11.1. The van der Waals surface area contributed by atoms with Crippen LogP contribution in [0.5, 0.6) is 0 Å². The Hall–Kier alpha value is -0.573. The molecule has 0 rings (SSSR count). The third kappa shape index (κ3) is 4.33. The monoisotopic (exact) mass is 185 g/mol. The maximum Gasteiger partial charge on any atom is 0.157 e. The van der Waals surface area contributed by atoms with Gasteiger partial charge >= 0.3 is 0 Å². The first kappa shape index (κ1) is 11.4. The summed E-state index contributed by atoms with van der Waals surface area (Å²) in [6, 6.07) is 0.894. The number of hydrogen-bond acceptors (Lipinski definition) is 2. The Morgan fingerprint density at radius 2 is 1.67 bits per heavy atom. The quantitative estimate of drug-likeness (QED) is 0.541. The molecule has 70 valence electrons. The largest absolute Gasteiger partial charge is 0.402 e. The first-order chi connectivity index (χ1) is 5.24. The molecule has 0 saturated carbocycles. The number of Topliss-reactive ketones (excluding diaryl/α,β-unsaturated/α-hetero) is 1. The van der Waals surface area contributed by atoms with Crippen LogP contribution in [-0.2, 0) is 4.79 Å². The fourth-order valence-electron chi connectivity index (χ4n) is 1.07. The molecule has 12 heavy (non-hydrogen) atoms. The van der Waals surface area contributed by atoms with Gasteiger partial charge < -0.3 is 5.73 Å². The van der Waals surface area contributed by atoms with Crippen molar-refractivity contribution in [2.45, 2.75) is 39.5 Å². The van der Waals surface area contributed by atoms with Crippen LogP contribution in [0.1, 0.15) is 13.8 Å².